The normalized spacial score (nSPS) is 11.1. The van der Waals surface area contributed by atoms with Crippen LogP contribution in [0.2, 0.25) is 0 Å². The van der Waals surface area contributed by atoms with Gasteiger partial charge in [-0.15, -0.1) is 0 Å². The van der Waals surface area contributed by atoms with E-state index in [1.54, 1.807) is 6.20 Å². The number of nitrogens with zero attached hydrogens (tertiary/aromatic N) is 1. The van der Waals surface area contributed by atoms with Gasteiger partial charge in [0.2, 0.25) is 5.43 Å². The van der Waals surface area contributed by atoms with E-state index in [1.165, 1.54) is 7.11 Å². The second kappa shape index (κ2) is 4.53. The lowest BCUT2D eigenvalue weighted by Crippen LogP contribution is -2.13. The molecule has 90 valence electrons. The summed E-state index contributed by atoms with van der Waals surface area (Å²) in [6, 6.07) is 5.91. The molecule has 3 nitrogen and oxygen atoms in total. The van der Waals surface area contributed by atoms with E-state index >= 15 is 0 Å². The van der Waals surface area contributed by atoms with Crippen molar-refractivity contribution in [3.8, 4) is 5.75 Å². The number of pyridine rings is 1. The molecule has 0 radical (unpaired) electrons. The van der Waals surface area contributed by atoms with Crippen LogP contribution in [-0.4, -0.2) is 11.7 Å². The number of ether oxygens (including phenoxy) is 1. The first-order valence-corrected chi connectivity index (χ1v) is 6.22. The Kier molecular flexibility index (Phi) is 3.24. The molecule has 0 saturated carbocycles. The van der Waals surface area contributed by atoms with Crippen molar-refractivity contribution < 1.29 is 4.74 Å². The lowest BCUT2D eigenvalue weighted by Gasteiger charge is -2.16. The van der Waals surface area contributed by atoms with E-state index in [4.69, 9.17) is 4.74 Å². The third kappa shape index (κ3) is 2.09. The second-order valence-corrected chi connectivity index (χ2v) is 5.10. The zero-order chi connectivity index (χ0) is 12.6. The van der Waals surface area contributed by atoms with Crippen LogP contribution in [-0.2, 0) is 0 Å². The van der Waals surface area contributed by atoms with Crippen molar-refractivity contribution >= 4 is 26.8 Å². The van der Waals surface area contributed by atoms with Gasteiger partial charge in [0.1, 0.15) is 0 Å². The van der Waals surface area contributed by atoms with Crippen molar-refractivity contribution in [2.45, 2.75) is 19.9 Å². The molecule has 0 spiro atoms. The summed E-state index contributed by atoms with van der Waals surface area (Å²) in [7, 11) is 1.52. The first-order valence-electron chi connectivity index (χ1n) is 5.43. The third-order valence-corrected chi connectivity index (χ3v) is 3.23. The van der Waals surface area contributed by atoms with Crippen LogP contribution >= 0.6 is 15.9 Å². The summed E-state index contributed by atoms with van der Waals surface area (Å²) in [5.74, 6) is 0.383. The van der Waals surface area contributed by atoms with Gasteiger partial charge in [0, 0.05) is 15.9 Å². The van der Waals surface area contributed by atoms with Gasteiger partial charge in [0.15, 0.2) is 5.75 Å². The molecule has 2 aromatic rings. The maximum Gasteiger partial charge on any atom is 0.231 e. The van der Waals surface area contributed by atoms with Crippen molar-refractivity contribution in [1.82, 2.24) is 4.57 Å². The molecule has 0 N–H and O–H groups in total. The van der Waals surface area contributed by atoms with Gasteiger partial charge in [-0.1, -0.05) is 15.9 Å². The van der Waals surface area contributed by atoms with Crippen molar-refractivity contribution in [3.63, 3.8) is 0 Å². The monoisotopic (exact) mass is 295 g/mol. The molecule has 1 aromatic heterocycles. The summed E-state index contributed by atoms with van der Waals surface area (Å²) < 4.78 is 8.13. The molecule has 0 aliphatic carbocycles. The zero-order valence-corrected chi connectivity index (χ0v) is 11.6. The SMILES string of the molecule is COc1cn(C(C)C)c2cc(Br)ccc2c1=O. The smallest absolute Gasteiger partial charge is 0.231 e. The molecule has 17 heavy (non-hydrogen) atoms. The number of benzene rings is 1. The highest BCUT2D eigenvalue weighted by atomic mass is 79.9. The van der Waals surface area contributed by atoms with Crippen LogP contribution in [0.4, 0.5) is 0 Å². The Morgan fingerprint density at radius 2 is 2.06 bits per heavy atom. The van der Waals surface area contributed by atoms with Gasteiger partial charge in [-0.2, -0.15) is 0 Å². The third-order valence-electron chi connectivity index (χ3n) is 2.74. The molecule has 1 aromatic carbocycles. The molecule has 4 heteroatoms. The second-order valence-electron chi connectivity index (χ2n) is 4.19. The molecule has 0 bridgehead atoms. The van der Waals surface area contributed by atoms with Crippen LogP contribution in [0.5, 0.6) is 5.75 Å². The first kappa shape index (κ1) is 12.2. The van der Waals surface area contributed by atoms with Gasteiger partial charge in [-0.3, -0.25) is 4.79 Å². The van der Waals surface area contributed by atoms with Crippen molar-refractivity contribution in [2.24, 2.45) is 0 Å². The van der Waals surface area contributed by atoms with Gasteiger partial charge in [0.05, 0.1) is 18.8 Å². The van der Waals surface area contributed by atoms with Gasteiger partial charge >= 0.3 is 0 Å². The van der Waals surface area contributed by atoms with Crippen LogP contribution in [0.25, 0.3) is 10.9 Å². The zero-order valence-electron chi connectivity index (χ0n) is 10.0. The van der Waals surface area contributed by atoms with E-state index in [-0.39, 0.29) is 11.5 Å². The minimum absolute atomic E-state index is 0.0631. The van der Waals surface area contributed by atoms with Crippen molar-refractivity contribution in [3.05, 3.63) is 39.1 Å². The predicted molar refractivity (Wildman–Crippen MR) is 72.8 cm³/mol. The largest absolute Gasteiger partial charge is 0.491 e. The van der Waals surface area contributed by atoms with Crippen molar-refractivity contribution in [1.29, 1.82) is 0 Å². The molecule has 0 saturated heterocycles. The van der Waals surface area contributed by atoms with Crippen LogP contribution < -0.4 is 10.2 Å². The fourth-order valence-electron chi connectivity index (χ4n) is 1.87. The molecule has 0 aliphatic rings. The lowest BCUT2D eigenvalue weighted by molar-refractivity contribution is 0.404. The Morgan fingerprint density at radius 1 is 1.35 bits per heavy atom. The number of fused-ring (bicyclic) bond motifs is 1. The predicted octanol–water partition coefficient (Wildman–Crippen LogP) is 3.35. The summed E-state index contributed by atoms with van der Waals surface area (Å²) >= 11 is 3.43. The number of hydrogen-bond donors (Lipinski definition) is 0. The van der Waals surface area contributed by atoms with E-state index in [1.807, 2.05) is 22.8 Å². The maximum absolute atomic E-state index is 12.1. The summed E-state index contributed by atoms with van der Waals surface area (Å²) in [6.45, 7) is 4.15. The molecule has 0 aliphatic heterocycles. The van der Waals surface area contributed by atoms with Gasteiger partial charge in [-0.05, 0) is 32.0 Å². The molecule has 1 heterocycles. The quantitative estimate of drug-likeness (QED) is 0.851. The van der Waals surface area contributed by atoms with E-state index in [0.29, 0.717) is 11.1 Å². The molecule has 2 rings (SSSR count). The number of rotatable bonds is 2. The summed E-state index contributed by atoms with van der Waals surface area (Å²) in [5.41, 5.74) is 0.854. The summed E-state index contributed by atoms with van der Waals surface area (Å²) in [5, 5.41) is 0.682. The number of methoxy groups -OCH3 is 1. The Labute approximate surface area is 108 Å². The van der Waals surface area contributed by atoms with Crippen LogP contribution in [0.3, 0.4) is 0 Å². The fourth-order valence-corrected chi connectivity index (χ4v) is 2.22. The molecule has 0 fully saturated rings. The van der Waals surface area contributed by atoms with Gasteiger partial charge < -0.3 is 9.30 Å². The van der Waals surface area contributed by atoms with Gasteiger partial charge in [0.25, 0.3) is 0 Å². The number of halogens is 1. The standard InChI is InChI=1S/C13H14BrNO2/c1-8(2)15-7-12(17-3)13(16)10-5-4-9(14)6-11(10)15/h4-8H,1-3H3. The summed E-state index contributed by atoms with van der Waals surface area (Å²) in [4.78, 5) is 12.1. The Balaban J connectivity index is 2.92. The maximum atomic E-state index is 12.1. The molecule has 0 unspecified atom stereocenters. The Bertz CT molecular complexity index is 617. The lowest BCUT2D eigenvalue weighted by atomic mass is 10.2. The van der Waals surface area contributed by atoms with E-state index < -0.39 is 0 Å². The average molecular weight is 296 g/mol. The van der Waals surface area contributed by atoms with Crippen LogP contribution in [0.1, 0.15) is 19.9 Å². The fraction of sp³-hybridized carbons (Fsp3) is 0.308. The highest BCUT2D eigenvalue weighted by molar-refractivity contribution is 9.10. The number of hydrogen-bond acceptors (Lipinski definition) is 2. The highest BCUT2D eigenvalue weighted by Crippen LogP contribution is 2.23. The molecular formula is C13H14BrNO2. The van der Waals surface area contributed by atoms with E-state index in [0.717, 1.165) is 9.99 Å². The molecular weight excluding hydrogens is 282 g/mol. The topological polar surface area (TPSA) is 31.2 Å². The van der Waals surface area contributed by atoms with Gasteiger partial charge in [-0.25, -0.2) is 0 Å². The molecule has 0 atom stereocenters. The number of aromatic nitrogens is 1. The summed E-state index contributed by atoms with van der Waals surface area (Å²) in [6.07, 6.45) is 1.77. The Morgan fingerprint density at radius 3 is 2.65 bits per heavy atom. The first-order chi connectivity index (χ1) is 8.04. The van der Waals surface area contributed by atoms with E-state index in [9.17, 15) is 4.79 Å². The molecule has 0 amide bonds. The minimum atomic E-state index is -0.0631. The Hall–Kier alpha value is -1.29. The van der Waals surface area contributed by atoms with Crippen molar-refractivity contribution in [2.75, 3.05) is 7.11 Å². The highest BCUT2D eigenvalue weighted by Gasteiger charge is 2.11. The average Bonchev–Trinajstić information content (AvgIpc) is 2.29. The van der Waals surface area contributed by atoms with E-state index in [2.05, 4.69) is 29.8 Å². The van der Waals surface area contributed by atoms with Crippen LogP contribution in [0, 0.1) is 0 Å². The van der Waals surface area contributed by atoms with Crippen LogP contribution in [0.15, 0.2) is 33.7 Å². The minimum Gasteiger partial charge on any atom is -0.491 e.